The molecule has 0 radical (unpaired) electrons. The highest BCUT2D eigenvalue weighted by Gasteiger charge is 2.15. The lowest BCUT2D eigenvalue weighted by Crippen LogP contribution is -2.11. The lowest BCUT2D eigenvalue weighted by atomic mass is 9.87. The molecular formula is C21H22N8O. The number of hydrogen-bond acceptors (Lipinski definition) is 6. The molecule has 0 atom stereocenters. The highest BCUT2D eigenvalue weighted by molar-refractivity contribution is 5.88. The second kappa shape index (κ2) is 6.65. The summed E-state index contributed by atoms with van der Waals surface area (Å²) in [5.41, 5.74) is 3.52. The molecule has 9 nitrogen and oxygen atoms in total. The molecule has 1 aromatic carbocycles. The van der Waals surface area contributed by atoms with Gasteiger partial charge in [0.1, 0.15) is 17.8 Å². The lowest BCUT2D eigenvalue weighted by Gasteiger charge is -2.19. The molecule has 5 aromatic rings. The monoisotopic (exact) mass is 402 g/mol. The van der Waals surface area contributed by atoms with Crippen molar-refractivity contribution in [1.29, 1.82) is 0 Å². The van der Waals surface area contributed by atoms with E-state index in [0.717, 1.165) is 16.8 Å². The van der Waals surface area contributed by atoms with E-state index >= 15 is 0 Å². The van der Waals surface area contributed by atoms with Crippen molar-refractivity contribution in [2.45, 2.75) is 32.9 Å². The van der Waals surface area contributed by atoms with E-state index in [1.54, 1.807) is 26.4 Å². The van der Waals surface area contributed by atoms with Crippen LogP contribution in [-0.2, 0) is 19.2 Å². The Hall–Kier alpha value is -3.75. The van der Waals surface area contributed by atoms with Crippen molar-refractivity contribution in [1.82, 2.24) is 39.1 Å². The number of aromatic nitrogens is 8. The number of benzene rings is 1. The van der Waals surface area contributed by atoms with Gasteiger partial charge in [-0.25, -0.2) is 19.2 Å². The number of aryl methyl sites for hydroxylation is 1. The minimum absolute atomic E-state index is 0.118. The smallest absolute Gasteiger partial charge is 0.202 e. The number of rotatable bonds is 4. The van der Waals surface area contributed by atoms with E-state index in [0.29, 0.717) is 23.9 Å². The molecule has 0 spiro atoms. The highest BCUT2D eigenvalue weighted by atomic mass is 16.5. The molecule has 152 valence electrons. The largest absolute Gasteiger partial charge is 0.471 e. The van der Waals surface area contributed by atoms with Gasteiger partial charge in [0.2, 0.25) is 5.82 Å². The molecule has 0 N–H and O–H groups in total. The Morgan fingerprint density at radius 1 is 1.00 bits per heavy atom. The van der Waals surface area contributed by atoms with Gasteiger partial charge in [0, 0.05) is 13.2 Å². The molecule has 5 rings (SSSR count). The Labute approximate surface area is 172 Å². The van der Waals surface area contributed by atoms with Crippen molar-refractivity contribution in [2.24, 2.45) is 7.05 Å². The maximum absolute atomic E-state index is 5.86. The van der Waals surface area contributed by atoms with E-state index in [9.17, 15) is 0 Å². The molecule has 0 unspecified atom stereocenters. The SMILES string of the molecule is Cn1ncc2c1ncn1nc(-c3ccn(COc4ccc(C(C)(C)C)cc4)n3)nc21. The van der Waals surface area contributed by atoms with Crippen LogP contribution in [0.5, 0.6) is 5.75 Å². The Bertz CT molecular complexity index is 1340. The van der Waals surface area contributed by atoms with Crippen LogP contribution < -0.4 is 4.74 Å². The van der Waals surface area contributed by atoms with Crippen molar-refractivity contribution in [3.63, 3.8) is 0 Å². The normalized spacial score (nSPS) is 12.1. The first-order valence-corrected chi connectivity index (χ1v) is 9.69. The fourth-order valence-electron chi connectivity index (χ4n) is 3.29. The van der Waals surface area contributed by atoms with Gasteiger partial charge in [-0.3, -0.25) is 4.68 Å². The van der Waals surface area contributed by atoms with Crippen molar-refractivity contribution >= 4 is 16.7 Å². The highest BCUT2D eigenvalue weighted by Crippen LogP contribution is 2.24. The van der Waals surface area contributed by atoms with Crippen LogP contribution in [-0.4, -0.2) is 39.1 Å². The molecule has 0 fully saturated rings. The summed E-state index contributed by atoms with van der Waals surface area (Å²) in [6.45, 7) is 6.88. The average Bonchev–Trinajstić information content (AvgIpc) is 3.43. The Morgan fingerprint density at radius 3 is 2.57 bits per heavy atom. The van der Waals surface area contributed by atoms with Crippen LogP contribution in [0.2, 0.25) is 0 Å². The fourth-order valence-corrected chi connectivity index (χ4v) is 3.29. The van der Waals surface area contributed by atoms with Crippen LogP contribution in [0.15, 0.2) is 49.1 Å². The van der Waals surface area contributed by atoms with E-state index < -0.39 is 0 Å². The van der Waals surface area contributed by atoms with Gasteiger partial charge < -0.3 is 4.74 Å². The third-order valence-electron chi connectivity index (χ3n) is 5.02. The molecule has 30 heavy (non-hydrogen) atoms. The second-order valence-electron chi connectivity index (χ2n) is 8.24. The van der Waals surface area contributed by atoms with Crippen molar-refractivity contribution < 1.29 is 4.74 Å². The van der Waals surface area contributed by atoms with Crippen LogP contribution >= 0.6 is 0 Å². The van der Waals surface area contributed by atoms with Gasteiger partial charge in [-0.05, 0) is 29.2 Å². The van der Waals surface area contributed by atoms with Crippen LogP contribution in [0.1, 0.15) is 26.3 Å². The van der Waals surface area contributed by atoms with E-state index in [4.69, 9.17) is 4.74 Å². The molecule has 0 aliphatic carbocycles. The third kappa shape index (κ3) is 3.18. The fraction of sp³-hybridized carbons (Fsp3) is 0.286. The van der Waals surface area contributed by atoms with Crippen molar-refractivity contribution in [3.05, 3.63) is 54.6 Å². The van der Waals surface area contributed by atoms with Crippen LogP contribution in [0.25, 0.3) is 28.2 Å². The average molecular weight is 402 g/mol. The van der Waals surface area contributed by atoms with Crippen LogP contribution in [0.3, 0.4) is 0 Å². The van der Waals surface area contributed by atoms with Crippen LogP contribution in [0.4, 0.5) is 0 Å². The summed E-state index contributed by atoms with van der Waals surface area (Å²) in [6, 6.07) is 10.0. The zero-order valence-electron chi connectivity index (χ0n) is 17.3. The van der Waals surface area contributed by atoms with Gasteiger partial charge in [0.25, 0.3) is 0 Å². The maximum Gasteiger partial charge on any atom is 0.202 e. The summed E-state index contributed by atoms with van der Waals surface area (Å²) in [7, 11) is 1.85. The Morgan fingerprint density at radius 2 is 1.80 bits per heavy atom. The molecule has 4 heterocycles. The Balaban J connectivity index is 1.35. The first-order valence-electron chi connectivity index (χ1n) is 9.69. The van der Waals surface area contributed by atoms with E-state index in [1.165, 1.54) is 5.56 Å². The predicted molar refractivity (Wildman–Crippen MR) is 112 cm³/mol. The first-order chi connectivity index (χ1) is 14.4. The molecule has 0 aliphatic rings. The maximum atomic E-state index is 5.86. The summed E-state index contributed by atoms with van der Waals surface area (Å²) < 4.78 is 10.9. The van der Waals surface area contributed by atoms with Gasteiger partial charge in [-0.15, -0.1) is 5.10 Å². The van der Waals surface area contributed by atoms with Gasteiger partial charge in [-0.2, -0.15) is 10.2 Å². The van der Waals surface area contributed by atoms with Gasteiger partial charge >= 0.3 is 0 Å². The molecule has 0 bridgehead atoms. The number of ether oxygens (including phenoxy) is 1. The molecular weight excluding hydrogens is 380 g/mol. The summed E-state index contributed by atoms with van der Waals surface area (Å²) in [5.74, 6) is 1.33. The first kappa shape index (κ1) is 18.3. The Kier molecular flexibility index (Phi) is 4.05. The lowest BCUT2D eigenvalue weighted by molar-refractivity contribution is 0.221. The molecule has 0 saturated heterocycles. The van der Waals surface area contributed by atoms with E-state index in [1.807, 2.05) is 31.4 Å². The minimum Gasteiger partial charge on any atom is -0.471 e. The van der Waals surface area contributed by atoms with Crippen molar-refractivity contribution in [3.8, 4) is 17.3 Å². The molecule has 0 amide bonds. The van der Waals surface area contributed by atoms with E-state index in [2.05, 4.69) is 58.2 Å². The van der Waals surface area contributed by atoms with Crippen molar-refractivity contribution in [2.75, 3.05) is 0 Å². The molecule has 9 heteroatoms. The zero-order valence-corrected chi connectivity index (χ0v) is 17.3. The van der Waals surface area contributed by atoms with Gasteiger partial charge in [0.05, 0.1) is 11.6 Å². The summed E-state index contributed by atoms with van der Waals surface area (Å²) >= 11 is 0. The van der Waals surface area contributed by atoms with E-state index in [-0.39, 0.29) is 5.41 Å². The number of fused-ring (bicyclic) bond motifs is 3. The molecule has 0 aliphatic heterocycles. The molecule has 0 saturated carbocycles. The quantitative estimate of drug-likeness (QED) is 0.459. The summed E-state index contributed by atoms with van der Waals surface area (Å²) in [4.78, 5) is 9.01. The second-order valence-corrected chi connectivity index (χ2v) is 8.24. The predicted octanol–water partition coefficient (Wildman–Crippen LogP) is 3.21. The number of nitrogens with zero attached hydrogens (tertiary/aromatic N) is 8. The summed E-state index contributed by atoms with van der Waals surface area (Å²) in [6.07, 6.45) is 5.23. The minimum atomic E-state index is 0.118. The zero-order chi connectivity index (χ0) is 20.9. The standard InChI is InChI=1S/C21H22N8O/c1-21(2,3)14-5-7-15(8-6-14)30-13-28-10-9-17(25-28)18-24-20-16-11-23-27(4)19(16)22-12-29(20)26-18/h5-12H,13H2,1-4H3. The summed E-state index contributed by atoms with van der Waals surface area (Å²) in [5, 5.41) is 14.1. The molecule has 4 aromatic heterocycles. The third-order valence-corrected chi connectivity index (χ3v) is 5.02. The topological polar surface area (TPSA) is 88.0 Å². The van der Waals surface area contributed by atoms with Crippen LogP contribution in [0, 0.1) is 0 Å². The van der Waals surface area contributed by atoms with Gasteiger partial charge in [0.15, 0.2) is 18.0 Å². The number of hydrogen-bond donors (Lipinski definition) is 0. The van der Waals surface area contributed by atoms with Gasteiger partial charge in [-0.1, -0.05) is 32.9 Å².